The van der Waals surface area contributed by atoms with Gasteiger partial charge < -0.3 is 4.74 Å². The molecule has 0 N–H and O–H groups in total. The van der Waals surface area contributed by atoms with Gasteiger partial charge in [-0.15, -0.1) is 0 Å². The highest BCUT2D eigenvalue weighted by Gasteiger charge is 2.16. The first-order valence-corrected chi connectivity index (χ1v) is 3.42. The Hall–Kier alpha value is -1.56. The largest absolute Gasteiger partial charge is 0.490 e. The third kappa shape index (κ3) is 0.838. The Morgan fingerprint density at radius 3 is 3.36 bits per heavy atom. The van der Waals surface area contributed by atoms with Crippen molar-refractivity contribution in [3.63, 3.8) is 0 Å². The van der Waals surface area contributed by atoms with E-state index in [2.05, 4.69) is 4.98 Å². The second-order valence-corrected chi connectivity index (χ2v) is 2.36. The van der Waals surface area contributed by atoms with E-state index < -0.39 is 0 Å². The molecular formula is C8H6N2O. The summed E-state index contributed by atoms with van der Waals surface area (Å²) in [6.07, 6.45) is 2.54. The summed E-state index contributed by atoms with van der Waals surface area (Å²) in [5, 5.41) is 8.61. The molecule has 3 nitrogen and oxygen atoms in total. The normalized spacial score (nSPS) is 13.4. The van der Waals surface area contributed by atoms with Gasteiger partial charge in [-0.05, 0) is 6.07 Å². The van der Waals surface area contributed by atoms with Crippen molar-refractivity contribution in [1.82, 2.24) is 4.98 Å². The molecule has 1 aliphatic rings. The molecule has 0 amide bonds. The fourth-order valence-electron chi connectivity index (χ4n) is 1.19. The Kier molecular flexibility index (Phi) is 1.26. The summed E-state index contributed by atoms with van der Waals surface area (Å²) < 4.78 is 5.24. The van der Waals surface area contributed by atoms with Crippen molar-refractivity contribution in [3.05, 3.63) is 23.5 Å². The summed E-state index contributed by atoms with van der Waals surface area (Å²) in [6, 6.07) is 3.88. The number of aromatic nitrogens is 1. The molecule has 0 unspecified atom stereocenters. The Morgan fingerprint density at radius 1 is 1.64 bits per heavy atom. The first-order valence-electron chi connectivity index (χ1n) is 3.42. The summed E-state index contributed by atoms with van der Waals surface area (Å²) in [7, 11) is 0. The van der Waals surface area contributed by atoms with Crippen molar-refractivity contribution in [2.75, 3.05) is 6.61 Å². The summed E-state index contributed by atoms with van der Waals surface area (Å²) >= 11 is 0. The van der Waals surface area contributed by atoms with Gasteiger partial charge in [-0.3, -0.25) is 0 Å². The van der Waals surface area contributed by atoms with E-state index in [9.17, 15) is 0 Å². The SMILES string of the molecule is N#Cc1nccc2c1OCC2. The molecule has 0 bridgehead atoms. The predicted molar refractivity (Wildman–Crippen MR) is 38.2 cm³/mol. The van der Waals surface area contributed by atoms with E-state index in [0.29, 0.717) is 18.1 Å². The fourth-order valence-corrected chi connectivity index (χ4v) is 1.19. The topological polar surface area (TPSA) is 45.9 Å². The van der Waals surface area contributed by atoms with Gasteiger partial charge in [0.25, 0.3) is 0 Å². The van der Waals surface area contributed by atoms with Gasteiger partial charge in [-0.1, -0.05) is 0 Å². The Morgan fingerprint density at radius 2 is 2.55 bits per heavy atom. The minimum absolute atomic E-state index is 0.403. The number of nitriles is 1. The lowest BCUT2D eigenvalue weighted by Crippen LogP contribution is -1.89. The molecule has 1 aromatic heterocycles. The fraction of sp³-hybridized carbons (Fsp3) is 0.250. The van der Waals surface area contributed by atoms with E-state index in [1.54, 1.807) is 6.20 Å². The molecular weight excluding hydrogens is 140 g/mol. The van der Waals surface area contributed by atoms with E-state index in [0.717, 1.165) is 12.0 Å². The van der Waals surface area contributed by atoms with Gasteiger partial charge in [0.15, 0.2) is 11.4 Å². The molecule has 2 rings (SSSR count). The average Bonchev–Trinajstić information content (AvgIpc) is 2.50. The van der Waals surface area contributed by atoms with E-state index >= 15 is 0 Å². The van der Waals surface area contributed by atoms with Crippen LogP contribution in [0.1, 0.15) is 11.3 Å². The zero-order valence-corrected chi connectivity index (χ0v) is 5.87. The van der Waals surface area contributed by atoms with Crippen LogP contribution in [0.15, 0.2) is 12.3 Å². The molecule has 1 aromatic rings. The van der Waals surface area contributed by atoms with Crippen LogP contribution >= 0.6 is 0 Å². The van der Waals surface area contributed by atoms with Crippen LogP contribution in [0.4, 0.5) is 0 Å². The molecule has 0 aromatic carbocycles. The highest BCUT2D eigenvalue weighted by atomic mass is 16.5. The first-order chi connectivity index (χ1) is 5.42. The Balaban J connectivity index is 2.61. The summed E-state index contributed by atoms with van der Waals surface area (Å²) in [6.45, 7) is 0.676. The van der Waals surface area contributed by atoms with Crippen LogP contribution in [0.3, 0.4) is 0 Å². The molecule has 0 fully saturated rings. The zero-order chi connectivity index (χ0) is 7.68. The first kappa shape index (κ1) is 6.17. The maximum atomic E-state index is 8.61. The Labute approximate surface area is 64.2 Å². The number of ether oxygens (including phenoxy) is 1. The predicted octanol–water partition coefficient (Wildman–Crippen LogP) is 0.888. The summed E-state index contributed by atoms with van der Waals surface area (Å²) in [4.78, 5) is 3.88. The number of hydrogen-bond acceptors (Lipinski definition) is 3. The number of nitrogens with zero attached hydrogens (tertiary/aromatic N) is 2. The van der Waals surface area contributed by atoms with Gasteiger partial charge in [0.1, 0.15) is 6.07 Å². The van der Waals surface area contributed by atoms with Crippen LogP contribution < -0.4 is 4.74 Å². The van der Waals surface area contributed by atoms with Crippen molar-refractivity contribution in [2.45, 2.75) is 6.42 Å². The van der Waals surface area contributed by atoms with Crippen LogP contribution in [0.25, 0.3) is 0 Å². The van der Waals surface area contributed by atoms with E-state index in [4.69, 9.17) is 10.00 Å². The molecule has 3 heteroatoms. The minimum atomic E-state index is 0.403. The molecule has 1 aliphatic heterocycles. The zero-order valence-electron chi connectivity index (χ0n) is 5.87. The number of rotatable bonds is 0. The van der Waals surface area contributed by atoms with Crippen molar-refractivity contribution in [1.29, 1.82) is 5.26 Å². The average molecular weight is 146 g/mol. The molecule has 2 heterocycles. The van der Waals surface area contributed by atoms with E-state index in [-0.39, 0.29) is 0 Å². The lowest BCUT2D eigenvalue weighted by Gasteiger charge is -1.97. The van der Waals surface area contributed by atoms with Gasteiger partial charge >= 0.3 is 0 Å². The van der Waals surface area contributed by atoms with Crippen molar-refractivity contribution in [2.24, 2.45) is 0 Å². The van der Waals surface area contributed by atoms with Gasteiger partial charge in [-0.2, -0.15) is 5.26 Å². The quantitative estimate of drug-likeness (QED) is 0.546. The van der Waals surface area contributed by atoms with E-state index in [1.165, 1.54) is 0 Å². The summed E-state index contributed by atoms with van der Waals surface area (Å²) in [5.74, 6) is 0.676. The maximum Gasteiger partial charge on any atom is 0.182 e. The highest BCUT2D eigenvalue weighted by Crippen LogP contribution is 2.26. The molecule has 0 atom stereocenters. The second kappa shape index (κ2) is 2.24. The van der Waals surface area contributed by atoms with Crippen LogP contribution in [0.5, 0.6) is 5.75 Å². The summed E-state index contributed by atoms with van der Waals surface area (Å²) in [5.41, 5.74) is 1.50. The molecule has 0 spiro atoms. The number of fused-ring (bicyclic) bond motifs is 1. The van der Waals surface area contributed by atoms with Crippen LogP contribution in [0.2, 0.25) is 0 Å². The third-order valence-electron chi connectivity index (χ3n) is 1.71. The molecule has 0 aliphatic carbocycles. The lowest BCUT2D eigenvalue weighted by molar-refractivity contribution is 0.354. The number of hydrogen-bond donors (Lipinski definition) is 0. The molecule has 0 saturated heterocycles. The van der Waals surface area contributed by atoms with Crippen LogP contribution in [-0.4, -0.2) is 11.6 Å². The third-order valence-corrected chi connectivity index (χ3v) is 1.71. The van der Waals surface area contributed by atoms with Gasteiger partial charge in [0.05, 0.1) is 6.61 Å². The maximum absolute atomic E-state index is 8.61. The van der Waals surface area contributed by atoms with Crippen molar-refractivity contribution >= 4 is 0 Å². The van der Waals surface area contributed by atoms with Crippen molar-refractivity contribution in [3.8, 4) is 11.8 Å². The van der Waals surface area contributed by atoms with Gasteiger partial charge in [0.2, 0.25) is 0 Å². The smallest absolute Gasteiger partial charge is 0.182 e. The monoisotopic (exact) mass is 146 g/mol. The standard InChI is InChI=1S/C8H6N2O/c9-5-7-8-6(1-3-10-7)2-4-11-8/h1,3H,2,4H2. The van der Waals surface area contributed by atoms with Gasteiger partial charge in [0, 0.05) is 18.2 Å². The minimum Gasteiger partial charge on any atom is -0.490 e. The van der Waals surface area contributed by atoms with Crippen LogP contribution in [-0.2, 0) is 6.42 Å². The Bertz CT molecular complexity index is 327. The van der Waals surface area contributed by atoms with Crippen LogP contribution in [0, 0.1) is 11.3 Å². The van der Waals surface area contributed by atoms with E-state index in [1.807, 2.05) is 12.1 Å². The molecule has 54 valence electrons. The van der Waals surface area contributed by atoms with Crippen molar-refractivity contribution < 1.29 is 4.74 Å². The molecule has 11 heavy (non-hydrogen) atoms. The van der Waals surface area contributed by atoms with Gasteiger partial charge in [-0.25, -0.2) is 4.98 Å². The highest BCUT2D eigenvalue weighted by molar-refractivity contribution is 5.45. The molecule has 0 saturated carbocycles. The number of pyridine rings is 1. The second-order valence-electron chi connectivity index (χ2n) is 2.36. The molecule has 0 radical (unpaired) electrons. The lowest BCUT2D eigenvalue weighted by atomic mass is 10.2.